The second kappa shape index (κ2) is 7.63. The van der Waals surface area contributed by atoms with E-state index in [9.17, 15) is 14.4 Å². The van der Waals surface area contributed by atoms with Crippen molar-refractivity contribution in [3.8, 4) is 5.75 Å². The Morgan fingerprint density at radius 2 is 1.52 bits per heavy atom. The van der Waals surface area contributed by atoms with Crippen LogP contribution in [0.2, 0.25) is 5.02 Å². The van der Waals surface area contributed by atoms with Gasteiger partial charge in [-0.3, -0.25) is 19.4 Å². The first kappa shape index (κ1) is 18.7. The molecule has 0 atom stereocenters. The van der Waals surface area contributed by atoms with Crippen LogP contribution in [0.15, 0.2) is 54.1 Å². The molecule has 1 aliphatic heterocycles. The summed E-state index contributed by atoms with van der Waals surface area (Å²) in [5, 5.41) is 0.590. The van der Waals surface area contributed by atoms with Gasteiger partial charge in [0.15, 0.2) is 0 Å². The number of carbonyl (C=O) groups is 3. The molecular formula is C20H17ClN2O4. The highest BCUT2D eigenvalue weighted by Gasteiger charge is 2.37. The Labute approximate surface area is 161 Å². The van der Waals surface area contributed by atoms with E-state index < -0.39 is 17.8 Å². The molecule has 0 bridgehead atoms. The zero-order chi connectivity index (χ0) is 19.6. The second-order valence-corrected chi connectivity index (χ2v) is 6.39. The molecule has 2 aromatic carbocycles. The van der Waals surface area contributed by atoms with E-state index in [0.717, 1.165) is 15.4 Å². The van der Waals surface area contributed by atoms with Gasteiger partial charge in [0.05, 0.1) is 0 Å². The number of imide groups is 2. The summed E-state index contributed by atoms with van der Waals surface area (Å²) in [5.74, 6) is -0.805. The van der Waals surface area contributed by atoms with Gasteiger partial charge >= 0.3 is 6.03 Å². The molecule has 0 spiro atoms. The molecule has 0 aromatic heterocycles. The lowest BCUT2D eigenvalue weighted by Gasteiger charge is -2.29. The molecule has 1 heterocycles. The van der Waals surface area contributed by atoms with Crippen molar-refractivity contribution in [2.75, 3.05) is 14.1 Å². The summed E-state index contributed by atoms with van der Waals surface area (Å²) in [6.45, 7) is 0.236. The lowest BCUT2D eigenvalue weighted by atomic mass is 10.1. The molecule has 27 heavy (non-hydrogen) atoms. The van der Waals surface area contributed by atoms with Crippen LogP contribution in [-0.4, -0.2) is 41.7 Å². The summed E-state index contributed by atoms with van der Waals surface area (Å²) in [4.78, 5) is 38.4. The van der Waals surface area contributed by atoms with Crippen LogP contribution in [0.1, 0.15) is 11.1 Å². The number of likely N-dealkylation sites (N-methyl/N-ethyl adjacent to an activating group) is 2. The fraction of sp³-hybridized carbons (Fsp3) is 0.150. The van der Waals surface area contributed by atoms with Gasteiger partial charge in [0.25, 0.3) is 11.8 Å². The molecule has 1 fully saturated rings. The number of nitrogens with zero attached hydrogens (tertiary/aromatic N) is 2. The molecule has 1 aliphatic rings. The maximum absolute atomic E-state index is 12.4. The van der Waals surface area contributed by atoms with Crippen molar-refractivity contribution in [3.05, 3.63) is 70.3 Å². The normalized spacial score (nSPS) is 14.6. The molecule has 3 rings (SSSR count). The second-order valence-electron chi connectivity index (χ2n) is 5.99. The standard InChI is InChI=1S/C20H17ClN2O4/c1-22-18(24)15(19(25)23(2)20(22)26)11-13-7-4-6-10-17(13)27-12-14-8-3-5-9-16(14)21/h3-11H,12H2,1-2H3. The first-order valence-corrected chi connectivity index (χ1v) is 8.55. The summed E-state index contributed by atoms with van der Waals surface area (Å²) in [6.07, 6.45) is 1.44. The van der Waals surface area contributed by atoms with E-state index >= 15 is 0 Å². The fourth-order valence-electron chi connectivity index (χ4n) is 2.63. The zero-order valence-corrected chi connectivity index (χ0v) is 15.6. The predicted octanol–water partition coefficient (Wildman–Crippen LogP) is 3.35. The monoisotopic (exact) mass is 384 g/mol. The van der Waals surface area contributed by atoms with Crippen LogP contribution in [0.3, 0.4) is 0 Å². The summed E-state index contributed by atoms with van der Waals surface area (Å²) >= 11 is 6.15. The molecular weight excluding hydrogens is 368 g/mol. The number of ether oxygens (including phenoxy) is 1. The van der Waals surface area contributed by atoms with Crippen molar-refractivity contribution in [1.82, 2.24) is 9.80 Å². The maximum atomic E-state index is 12.4. The van der Waals surface area contributed by atoms with Crippen molar-refractivity contribution in [3.63, 3.8) is 0 Å². The van der Waals surface area contributed by atoms with Crippen LogP contribution in [0.5, 0.6) is 5.75 Å². The number of hydrogen-bond acceptors (Lipinski definition) is 4. The highest BCUT2D eigenvalue weighted by Crippen LogP contribution is 2.26. The third-order valence-electron chi connectivity index (χ3n) is 4.20. The quantitative estimate of drug-likeness (QED) is 0.599. The van der Waals surface area contributed by atoms with Crippen LogP contribution in [0, 0.1) is 0 Å². The van der Waals surface area contributed by atoms with Crippen molar-refractivity contribution in [2.24, 2.45) is 0 Å². The van der Waals surface area contributed by atoms with Crippen LogP contribution in [-0.2, 0) is 16.2 Å². The van der Waals surface area contributed by atoms with Crippen molar-refractivity contribution >= 4 is 35.5 Å². The molecule has 1 saturated heterocycles. The van der Waals surface area contributed by atoms with Crippen molar-refractivity contribution in [2.45, 2.75) is 6.61 Å². The van der Waals surface area contributed by atoms with Gasteiger partial charge in [-0.05, 0) is 18.2 Å². The average Bonchev–Trinajstić information content (AvgIpc) is 2.68. The van der Waals surface area contributed by atoms with E-state index in [4.69, 9.17) is 16.3 Å². The zero-order valence-electron chi connectivity index (χ0n) is 14.8. The molecule has 0 aliphatic carbocycles. The predicted molar refractivity (Wildman–Crippen MR) is 101 cm³/mol. The van der Waals surface area contributed by atoms with E-state index in [1.165, 1.54) is 20.2 Å². The summed E-state index contributed by atoms with van der Waals surface area (Å²) < 4.78 is 5.85. The van der Waals surface area contributed by atoms with E-state index in [0.29, 0.717) is 16.3 Å². The molecule has 2 aromatic rings. The molecule has 0 unspecified atom stereocenters. The number of carbonyl (C=O) groups excluding carboxylic acids is 3. The van der Waals surface area contributed by atoms with Gasteiger partial charge in [0, 0.05) is 30.2 Å². The van der Waals surface area contributed by atoms with Gasteiger partial charge in [-0.15, -0.1) is 0 Å². The van der Waals surface area contributed by atoms with Gasteiger partial charge in [0.2, 0.25) is 0 Å². The number of amides is 4. The summed E-state index contributed by atoms with van der Waals surface area (Å²) in [5.41, 5.74) is 1.27. The number of halogens is 1. The lowest BCUT2D eigenvalue weighted by molar-refractivity contribution is -0.134. The van der Waals surface area contributed by atoms with Gasteiger partial charge < -0.3 is 4.74 Å². The number of urea groups is 1. The Balaban J connectivity index is 1.90. The number of benzene rings is 2. The highest BCUT2D eigenvalue weighted by molar-refractivity contribution is 6.31. The maximum Gasteiger partial charge on any atom is 0.333 e. The number of rotatable bonds is 4. The summed E-state index contributed by atoms with van der Waals surface area (Å²) in [6, 6.07) is 13.7. The molecule has 0 radical (unpaired) electrons. The minimum absolute atomic E-state index is 0.103. The van der Waals surface area contributed by atoms with Gasteiger partial charge in [-0.25, -0.2) is 4.79 Å². The lowest BCUT2D eigenvalue weighted by Crippen LogP contribution is -2.52. The molecule has 0 N–H and O–H groups in total. The van der Waals surface area contributed by atoms with E-state index in [2.05, 4.69) is 0 Å². The Morgan fingerprint density at radius 1 is 0.926 bits per heavy atom. The van der Waals surface area contributed by atoms with Crippen LogP contribution < -0.4 is 4.74 Å². The van der Waals surface area contributed by atoms with Crippen molar-refractivity contribution in [1.29, 1.82) is 0 Å². The average molecular weight is 385 g/mol. The third-order valence-corrected chi connectivity index (χ3v) is 4.57. The Kier molecular flexibility index (Phi) is 5.28. The van der Waals surface area contributed by atoms with Crippen LogP contribution in [0.4, 0.5) is 4.79 Å². The van der Waals surface area contributed by atoms with Gasteiger partial charge in [0.1, 0.15) is 17.9 Å². The first-order chi connectivity index (χ1) is 12.9. The Bertz CT molecular complexity index is 929. The number of barbiturate groups is 1. The van der Waals surface area contributed by atoms with Crippen molar-refractivity contribution < 1.29 is 19.1 Å². The van der Waals surface area contributed by atoms with Gasteiger partial charge in [-0.2, -0.15) is 0 Å². The molecule has 7 heteroatoms. The highest BCUT2D eigenvalue weighted by atomic mass is 35.5. The number of hydrogen-bond donors (Lipinski definition) is 0. The Hall–Kier alpha value is -3.12. The minimum Gasteiger partial charge on any atom is -0.488 e. The van der Waals surface area contributed by atoms with Crippen LogP contribution in [0.25, 0.3) is 6.08 Å². The first-order valence-electron chi connectivity index (χ1n) is 8.17. The number of para-hydroxylation sites is 1. The summed E-state index contributed by atoms with van der Waals surface area (Å²) in [7, 11) is 2.67. The van der Waals surface area contributed by atoms with Gasteiger partial charge in [-0.1, -0.05) is 48.0 Å². The SMILES string of the molecule is CN1C(=O)C(=Cc2ccccc2OCc2ccccc2Cl)C(=O)N(C)C1=O. The Morgan fingerprint density at radius 3 is 2.19 bits per heavy atom. The van der Waals surface area contributed by atoms with Crippen LogP contribution >= 0.6 is 11.6 Å². The van der Waals surface area contributed by atoms with E-state index in [-0.39, 0.29) is 12.2 Å². The molecule has 0 saturated carbocycles. The van der Waals surface area contributed by atoms with E-state index in [1.807, 2.05) is 18.2 Å². The largest absolute Gasteiger partial charge is 0.488 e. The molecule has 138 valence electrons. The topological polar surface area (TPSA) is 66.9 Å². The molecule has 4 amide bonds. The minimum atomic E-state index is -0.662. The molecule has 6 nitrogen and oxygen atoms in total. The van der Waals surface area contributed by atoms with E-state index in [1.54, 1.807) is 30.3 Å². The fourth-order valence-corrected chi connectivity index (χ4v) is 2.82. The third kappa shape index (κ3) is 3.71. The smallest absolute Gasteiger partial charge is 0.333 e.